The van der Waals surface area contributed by atoms with Crippen molar-refractivity contribution in [2.75, 3.05) is 33.4 Å². The van der Waals surface area contributed by atoms with Gasteiger partial charge in [-0.2, -0.15) is 0 Å². The van der Waals surface area contributed by atoms with Gasteiger partial charge in [0.1, 0.15) is 0 Å². The van der Waals surface area contributed by atoms with E-state index in [1.807, 2.05) is 0 Å². The second kappa shape index (κ2) is 8.92. The fourth-order valence-electron chi connectivity index (χ4n) is 2.69. The van der Waals surface area contributed by atoms with Crippen molar-refractivity contribution in [1.82, 2.24) is 10.6 Å². The maximum atomic E-state index is 11.9. The van der Waals surface area contributed by atoms with E-state index in [1.54, 1.807) is 7.11 Å². The van der Waals surface area contributed by atoms with Gasteiger partial charge in [-0.15, -0.1) is 0 Å². The van der Waals surface area contributed by atoms with Gasteiger partial charge in [0.15, 0.2) is 0 Å². The van der Waals surface area contributed by atoms with Crippen LogP contribution in [0.4, 0.5) is 0 Å². The number of nitrogens with one attached hydrogen (secondary N) is 2. The Balaban J connectivity index is 2.26. The van der Waals surface area contributed by atoms with Crippen LogP contribution in [0, 0.1) is 5.41 Å². The smallest absolute Gasteiger partial charge is 0.239 e. The van der Waals surface area contributed by atoms with E-state index >= 15 is 0 Å². The summed E-state index contributed by atoms with van der Waals surface area (Å²) in [5, 5.41) is 5.33. The molecule has 20 heavy (non-hydrogen) atoms. The van der Waals surface area contributed by atoms with Crippen LogP contribution in [0.1, 0.15) is 38.5 Å². The van der Waals surface area contributed by atoms with Crippen molar-refractivity contribution in [2.45, 2.75) is 38.5 Å². The predicted octanol–water partition coefficient (Wildman–Crippen LogP) is 0.165. The van der Waals surface area contributed by atoms with Gasteiger partial charge in [-0.3, -0.25) is 9.59 Å². The number of carbonyl (C=O) groups is 2. The Hall–Kier alpha value is -1.14. The van der Waals surface area contributed by atoms with Gasteiger partial charge in [0.05, 0.1) is 13.2 Å². The third kappa shape index (κ3) is 5.88. The molecular weight excluding hydrogens is 258 g/mol. The lowest BCUT2D eigenvalue weighted by molar-refractivity contribution is -0.127. The van der Waals surface area contributed by atoms with Crippen LogP contribution in [0.15, 0.2) is 0 Å². The van der Waals surface area contributed by atoms with E-state index in [0.717, 1.165) is 25.7 Å². The minimum absolute atomic E-state index is 0.0171. The van der Waals surface area contributed by atoms with Gasteiger partial charge < -0.3 is 21.1 Å². The first kappa shape index (κ1) is 16.9. The normalized spacial score (nSPS) is 17.5. The number of ether oxygens (including phenoxy) is 1. The van der Waals surface area contributed by atoms with Crippen molar-refractivity contribution in [1.29, 1.82) is 0 Å². The summed E-state index contributed by atoms with van der Waals surface area (Å²) in [5.74, 6) is -0.278. The molecule has 0 aromatic heterocycles. The standard InChI is InChI=1S/C14H27N3O3/c1-20-8-7-16-13(19)10-17-12(18)9-14(11-15)5-3-2-4-6-14/h2-11,15H2,1H3,(H,16,19)(H,17,18). The molecule has 0 aromatic carbocycles. The molecule has 1 aliphatic rings. The molecule has 1 rings (SSSR count). The predicted molar refractivity (Wildman–Crippen MR) is 77.1 cm³/mol. The zero-order valence-electron chi connectivity index (χ0n) is 12.4. The van der Waals surface area contributed by atoms with Crippen molar-refractivity contribution < 1.29 is 14.3 Å². The molecule has 1 saturated carbocycles. The minimum atomic E-state index is -0.194. The summed E-state index contributed by atoms with van der Waals surface area (Å²) < 4.78 is 4.83. The van der Waals surface area contributed by atoms with Crippen LogP contribution in [-0.2, 0) is 14.3 Å². The molecule has 116 valence electrons. The lowest BCUT2D eigenvalue weighted by Crippen LogP contribution is -2.42. The topological polar surface area (TPSA) is 93.5 Å². The third-order valence-corrected chi connectivity index (χ3v) is 3.96. The van der Waals surface area contributed by atoms with Crippen molar-refractivity contribution in [2.24, 2.45) is 11.1 Å². The molecule has 6 heteroatoms. The largest absolute Gasteiger partial charge is 0.383 e. The first-order valence-corrected chi connectivity index (χ1v) is 7.34. The number of rotatable bonds is 8. The molecule has 6 nitrogen and oxygen atoms in total. The number of hydrogen-bond donors (Lipinski definition) is 3. The quantitative estimate of drug-likeness (QED) is 0.554. The molecule has 1 aliphatic carbocycles. The number of methoxy groups -OCH3 is 1. The van der Waals surface area contributed by atoms with Gasteiger partial charge in [0.25, 0.3) is 0 Å². The maximum absolute atomic E-state index is 11.9. The van der Waals surface area contributed by atoms with Crippen molar-refractivity contribution in [3.8, 4) is 0 Å². The highest BCUT2D eigenvalue weighted by molar-refractivity contribution is 5.84. The Labute approximate surface area is 120 Å². The second-order valence-corrected chi connectivity index (χ2v) is 5.56. The Morgan fingerprint density at radius 3 is 2.45 bits per heavy atom. The maximum Gasteiger partial charge on any atom is 0.239 e. The van der Waals surface area contributed by atoms with E-state index in [2.05, 4.69) is 10.6 Å². The lowest BCUT2D eigenvalue weighted by Gasteiger charge is -2.35. The molecular formula is C14H27N3O3. The fraction of sp³-hybridized carbons (Fsp3) is 0.857. The van der Waals surface area contributed by atoms with Crippen LogP contribution in [0.3, 0.4) is 0 Å². The molecule has 0 aromatic rings. The van der Waals surface area contributed by atoms with Gasteiger partial charge in [-0.05, 0) is 24.8 Å². The third-order valence-electron chi connectivity index (χ3n) is 3.96. The number of carbonyl (C=O) groups excluding carboxylic acids is 2. The highest BCUT2D eigenvalue weighted by atomic mass is 16.5. The Morgan fingerprint density at radius 2 is 1.85 bits per heavy atom. The van der Waals surface area contributed by atoms with Gasteiger partial charge in [0, 0.05) is 20.1 Å². The average Bonchev–Trinajstić information content (AvgIpc) is 2.46. The Bertz CT molecular complexity index is 315. The van der Waals surface area contributed by atoms with Crippen molar-refractivity contribution in [3.05, 3.63) is 0 Å². The Morgan fingerprint density at radius 1 is 1.15 bits per heavy atom. The first-order chi connectivity index (χ1) is 9.62. The molecule has 0 spiro atoms. The summed E-state index contributed by atoms with van der Waals surface area (Å²) in [7, 11) is 1.57. The molecule has 4 N–H and O–H groups in total. The van der Waals surface area contributed by atoms with Crippen molar-refractivity contribution in [3.63, 3.8) is 0 Å². The van der Waals surface area contributed by atoms with Crippen LogP contribution in [-0.4, -0.2) is 45.2 Å². The zero-order chi connectivity index (χ0) is 14.8. The van der Waals surface area contributed by atoms with Crippen LogP contribution < -0.4 is 16.4 Å². The summed E-state index contributed by atoms with van der Waals surface area (Å²) in [5.41, 5.74) is 5.79. The van der Waals surface area contributed by atoms with E-state index in [1.165, 1.54) is 6.42 Å². The molecule has 0 bridgehead atoms. The average molecular weight is 285 g/mol. The summed E-state index contributed by atoms with van der Waals surface area (Å²) in [6.45, 7) is 1.48. The zero-order valence-corrected chi connectivity index (χ0v) is 12.4. The second-order valence-electron chi connectivity index (χ2n) is 5.56. The van der Waals surface area contributed by atoms with Crippen LogP contribution in [0.25, 0.3) is 0 Å². The van der Waals surface area contributed by atoms with Crippen LogP contribution in [0.5, 0.6) is 0 Å². The number of hydrogen-bond acceptors (Lipinski definition) is 4. The number of nitrogens with two attached hydrogens (primary N) is 1. The molecule has 0 saturated heterocycles. The van der Waals surface area contributed by atoms with Crippen LogP contribution >= 0.6 is 0 Å². The van der Waals surface area contributed by atoms with Crippen molar-refractivity contribution >= 4 is 11.8 Å². The SMILES string of the molecule is COCCNC(=O)CNC(=O)CC1(CN)CCCCC1. The number of amides is 2. The lowest BCUT2D eigenvalue weighted by atomic mass is 9.71. The van der Waals surface area contributed by atoms with E-state index in [9.17, 15) is 9.59 Å². The molecule has 2 amide bonds. The van der Waals surface area contributed by atoms with Gasteiger partial charge in [0.2, 0.25) is 11.8 Å². The molecule has 0 unspecified atom stereocenters. The summed E-state index contributed by atoms with van der Waals surface area (Å²) in [6, 6.07) is 0. The highest BCUT2D eigenvalue weighted by Gasteiger charge is 2.32. The van der Waals surface area contributed by atoms with Gasteiger partial charge in [-0.25, -0.2) is 0 Å². The summed E-state index contributed by atoms with van der Waals surface area (Å²) in [4.78, 5) is 23.4. The Kier molecular flexibility index (Phi) is 7.54. The van der Waals surface area contributed by atoms with Crippen LogP contribution in [0.2, 0.25) is 0 Å². The van der Waals surface area contributed by atoms with E-state index in [0.29, 0.717) is 26.1 Å². The van der Waals surface area contributed by atoms with E-state index < -0.39 is 0 Å². The molecule has 1 fully saturated rings. The molecule has 0 heterocycles. The highest BCUT2D eigenvalue weighted by Crippen LogP contribution is 2.38. The van der Waals surface area contributed by atoms with Gasteiger partial charge in [-0.1, -0.05) is 19.3 Å². The van der Waals surface area contributed by atoms with Gasteiger partial charge >= 0.3 is 0 Å². The minimum Gasteiger partial charge on any atom is -0.383 e. The van der Waals surface area contributed by atoms with E-state index in [-0.39, 0.29) is 23.8 Å². The first-order valence-electron chi connectivity index (χ1n) is 7.34. The monoisotopic (exact) mass is 285 g/mol. The fourth-order valence-corrected chi connectivity index (χ4v) is 2.69. The molecule has 0 atom stereocenters. The summed E-state index contributed by atoms with van der Waals surface area (Å²) in [6.07, 6.45) is 5.96. The molecule has 0 radical (unpaired) electrons. The van der Waals surface area contributed by atoms with E-state index in [4.69, 9.17) is 10.5 Å². The summed E-state index contributed by atoms with van der Waals surface area (Å²) >= 11 is 0. The molecule has 0 aliphatic heterocycles.